The van der Waals surface area contributed by atoms with Gasteiger partial charge in [0.15, 0.2) is 0 Å². The molecule has 0 radical (unpaired) electrons. The second-order valence-corrected chi connectivity index (χ2v) is 4.68. The van der Waals surface area contributed by atoms with Crippen molar-refractivity contribution >= 4 is 33.4 Å². The number of rotatable bonds is 1. The molecule has 0 N–H and O–H groups in total. The summed E-state index contributed by atoms with van der Waals surface area (Å²) in [6.07, 6.45) is 3.42. The van der Waals surface area contributed by atoms with E-state index in [9.17, 15) is 14.9 Å². The average molecular weight is 269 g/mol. The van der Waals surface area contributed by atoms with Crippen molar-refractivity contribution in [1.82, 2.24) is 9.55 Å². The zero-order valence-electron chi connectivity index (χ0n) is 11.0. The molecule has 0 aliphatic carbocycles. The van der Waals surface area contributed by atoms with Gasteiger partial charge in [0.05, 0.1) is 16.0 Å². The molecule has 0 aliphatic rings. The van der Waals surface area contributed by atoms with Gasteiger partial charge in [-0.2, -0.15) is 0 Å². The van der Waals surface area contributed by atoms with Crippen LogP contribution in [0.25, 0.3) is 21.8 Å². The molecule has 0 saturated carbocycles. The number of benzene rings is 1. The minimum Gasteiger partial charge on any atom is -0.286 e. The number of fused-ring (bicyclic) bond motifs is 3. The van der Waals surface area contributed by atoms with Crippen molar-refractivity contribution in [1.29, 1.82) is 0 Å². The maximum Gasteiger partial charge on any atom is 0.270 e. The second kappa shape index (κ2) is 4.12. The number of non-ortho nitro benzene ring substituents is 1. The quantitative estimate of drug-likeness (QED) is 0.502. The third-order valence-electron chi connectivity index (χ3n) is 3.36. The van der Waals surface area contributed by atoms with Gasteiger partial charge in [0.2, 0.25) is 5.91 Å². The number of carbonyl (C=O) groups is 1. The summed E-state index contributed by atoms with van der Waals surface area (Å²) in [5, 5.41) is 12.4. The highest BCUT2D eigenvalue weighted by atomic mass is 16.6. The number of hydrogen-bond acceptors (Lipinski definition) is 4. The van der Waals surface area contributed by atoms with Gasteiger partial charge in [-0.3, -0.25) is 24.5 Å². The van der Waals surface area contributed by atoms with Crippen molar-refractivity contribution in [3.63, 3.8) is 0 Å². The van der Waals surface area contributed by atoms with Crippen LogP contribution in [0, 0.1) is 17.0 Å². The van der Waals surface area contributed by atoms with Crippen LogP contribution in [0.2, 0.25) is 0 Å². The Bertz CT molecular complexity index is 880. The van der Waals surface area contributed by atoms with Gasteiger partial charge < -0.3 is 0 Å². The molecular formula is C14H11N3O3. The molecule has 2 aromatic heterocycles. The van der Waals surface area contributed by atoms with Crippen molar-refractivity contribution in [2.75, 3.05) is 0 Å². The molecule has 0 spiro atoms. The Balaban J connectivity index is 2.52. The minimum absolute atomic E-state index is 0.0132. The van der Waals surface area contributed by atoms with Crippen LogP contribution in [0.5, 0.6) is 0 Å². The monoisotopic (exact) mass is 269 g/mol. The normalized spacial score (nSPS) is 11.1. The second-order valence-electron chi connectivity index (χ2n) is 4.68. The van der Waals surface area contributed by atoms with E-state index in [2.05, 4.69) is 4.98 Å². The number of nitrogens with zero attached hydrogens (tertiary/aromatic N) is 3. The van der Waals surface area contributed by atoms with E-state index in [0.29, 0.717) is 16.4 Å². The highest BCUT2D eigenvalue weighted by molar-refractivity contribution is 6.09. The third kappa shape index (κ3) is 1.65. The van der Waals surface area contributed by atoms with Gasteiger partial charge in [-0.1, -0.05) is 0 Å². The van der Waals surface area contributed by atoms with Gasteiger partial charge in [0, 0.05) is 42.2 Å². The zero-order chi connectivity index (χ0) is 14.4. The fourth-order valence-electron chi connectivity index (χ4n) is 2.40. The molecule has 3 rings (SSSR count). The molecule has 6 nitrogen and oxygen atoms in total. The zero-order valence-corrected chi connectivity index (χ0v) is 11.0. The van der Waals surface area contributed by atoms with E-state index in [0.717, 1.165) is 10.9 Å². The SMILES string of the molecule is CC(=O)n1cc(C)c2cnc3ccc([N+](=O)[O-])cc3c21. The lowest BCUT2D eigenvalue weighted by atomic mass is 10.1. The Morgan fingerprint density at radius 3 is 2.75 bits per heavy atom. The Hall–Kier alpha value is -2.76. The molecule has 0 aliphatic heterocycles. The topological polar surface area (TPSA) is 78.0 Å². The Morgan fingerprint density at radius 1 is 1.35 bits per heavy atom. The summed E-state index contributed by atoms with van der Waals surface area (Å²) in [5.74, 6) is -0.137. The van der Waals surface area contributed by atoms with E-state index in [1.165, 1.54) is 23.6 Å². The molecule has 1 aromatic carbocycles. The van der Waals surface area contributed by atoms with Crippen LogP contribution in [0.1, 0.15) is 17.3 Å². The molecule has 0 atom stereocenters. The molecule has 20 heavy (non-hydrogen) atoms. The number of hydrogen-bond donors (Lipinski definition) is 0. The molecule has 0 saturated heterocycles. The summed E-state index contributed by atoms with van der Waals surface area (Å²) in [6, 6.07) is 4.47. The molecule has 2 heterocycles. The Morgan fingerprint density at radius 2 is 2.10 bits per heavy atom. The standard InChI is InChI=1S/C14H11N3O3/c1-8-7-16(9(2)18)14-11-5-10(17(19)20)3-4-13(11)15-6-12(8)14/h3-7H,1-2H3. The van der Waals surface area contributed by atoms with Crippen LogP contribution in [-0.2, 0) is 0 Å². The van der Waals surface area contributed by atoms with Gasteiger partial charge in [0.1, 0.15) is 0 Å². The largest absolute Gasteiger partial charge is 0.286 e. The molecule has 0 amide bonds. The maximum absolute atomic E-state index is 11.7. The van der Waals surface area contributed by atoms with Gasteiger partial charge in [0.25, 0.3) is 5.69 Å². The van der Waals surface area contributed by atoms with E-state index in [1.54, 1.807) is 18.5 Å². The minimum atomic E-state index is -0.452. The van der Waals surface area contributed by atoms with Crippen molar-refractivity contribution in [3.8, 4) is 0 Å². The lowest BCUT2D eigenvalue weighted by Gasteiger charge is -2.04. The smallest absolute Gasteiger partial charge is 0.270 e. The summed E-state index contributed by atoms with van der Waals surface area (Å²) in [4.78, 5) is 26.5. The number of nitro groups is 1. The first-order valence-electron chi connectivity index (χ1n) is 6.05. The number of pyridine rings is 1. The molecule has 0 fully saturated rings. The first-order valence-corrected chi connectivity index (χ1v) is 6.05. The van der Waals surface area contributed by atoms with Crippen LogP contribution >= 0.6 is 0 Å². The van der Waals surface area contributed by atoms with E-state index in [4.69, 9.17) is 0 Å². The van der Waals surface area contributed by atoms with Crippen molar-refractivity contribution < 1.29 is 9.72 Å². The van der Waals surface area contributed by atoms with Crippen LogP contribution in [0.4, 0.5) is 5.69 Å². The van der Waals surface area contributed by atoms with Gasteiger partial charge in [-0.25, -0.2) is 0 Å². The number of aryl methyl sites for hydroxylation is 1. The van der Waals surface area contributed by atoms with Gasteiger partial charge in [-0.15, -0.1) is 0 Å². The molecule has 6 heteroatoms. The van der Waals surface area contributed by atoms with Crippen molar-refractivity contribution in [2.45, 2.75) is 13.8 Å². The summed E-state index contributed by atoms with van der Waals surface area (Å²) in [7, 11) is 0. The molecule has 0 unspecified atom stereocenters. The molecule has 0 bridgehead atoms. The number of aromatic nitrogens is 2. The molecule has 3 aromatic rings. The first kappa shape index (κ1) is 12.3. The third-order valence-corrected chi connectivity index (χ3v) is 3.36. The predicted molar refractivity (Wildman–Crippen MR) is 74.9 cm³/mol. The summed E-state index contributed by atoms with van der Waals surface area (Å²) in [6.45, 7) is 3.34. The Kier molecular flexibility index (Phi) is 2.53. The molecular weight excluding hydrogens is 258 g/mol. The molecule has 100 valence electrons. The van der Waals surface area contributed by atoms with Crippen LogP contribution < -0.4 is 0 Å². The van der Waals surface area contributed by atoms with Gasteiger partial charge in [-0.05, 0) is 18.6 Å². The van der Waals surface area contributed by atoms with E-state index < -0.39 is 4.92 Å². The fraction of sp³-hybridized carbons (Fsp3) is 0.143. The fourth-order valence-corrected chi connectivity index (χ4v) is 2.40. The number of nitro benzene ring substituents is 1. The summed E-state index contributed by atoms with van der Waals surface area (Å²) < 4.78 is 1.51. The highest BCUT2D eigenvalue weighted by Gasteiger charge is 2.15. The first-order chi connectivity index (χ1) is 9.49. The van der Waals surface area contributed by atoms with E-state index >= 15 is 0 Å². The summed E-state index contributed by atoms with van der Waals surface area (Å²) >= 11 is 0. The van der Waals surface area contributed by atoms with Crippen LogP contribution in [0.3, 0.4) is 0 Å². The highest BCUT2D eigenvalue weighted by Crippen LogP contribution is 2.29. The van der Waals surface area contributed by atoms with Crippen molar-refractivity contribution in [2.24, 2.45) is 0 Å². The summed E-state index contributed by atoms with van der Waals surface area (Å²) in [5.41, 5.74) is 2.20. The van der Waals surface area contributed by atoms with Crippen LogP contribution in [-0.4, -0.2) is 20.4 Å². The van der Waals surface area contributed by atoms with E-state index in [-0.39, 0.29) is 11.6 Å². The van der Waals surface area contributed by atoms with Gasteiger partial charge >= 0.3 is 0 Å². The predicted octanol–water partition coefficient (Wildman–Crippen LogP) is 3.07. The van der Waals surface area contributed by atoms with Crippen LogP contribution in [0.15, 0.2) is 30.6 Å². The van der Waals surface area contributed by atoms with Crippen molar-refractivity contribution in [3.05, 3.63) is 46.3 Å². The lowest BCUT2D eigenvalue weighted by molar-refractivity contribution is -0.384. The van der Waals surface area contributed by atoms with E-state index in [1.807, 2.05) is 6.92 Å². The Labute approximate surface area is 113 Å². The lowest BCUT2D eigenvalue weighted by Crippen LogP contribution is -2.03. The number of carbonyl (C=O) groups excluding carboxylic acids is 1. The average Bonchev–Trinajstić information content (AvgIpc) is 2.76. The maximum atomic E-state index is 11.7.